The van der Waals surface area contributed by atoms with Crippen LogP contribution in [0, 0.1) is 0 Å². The van der Waals surface area contributed by atoms with E-state index in [1.807, 2.05) is 37.1 Å². The Balaban J connectivity index is 2.40. The van der Waals surface area contributed by atoms with Gasteiger partial charge in [-0.1, -0.05) is 6.92 Å². The lowest BCUT2D eigenvalue weighted by Gasteiger charge is -2.16. The Morgan fingerprint density at radius 1 is 1.50 bits per heavy atom. The van der Waals surface area contributed by atoms with E-state index in [0.29, 0.717) is 0 Å². The summed E-state index contributed by atoms with van der Waals surface area (Å²) in [5, 5.41) is 7.50. The Bertz CT molecular complexity index is 458. The monoisotopic (exact) mass is 219 g/mol. The molecule has 0 aliphatic carbocycles. The van der Waals surface area contributed by atoms with E-state index in [0.717, 1.165) is 17.9 Å². The molecule has 86 valence electrons. The van der Waals surface area contributed by atoms with Crippen LogP contribution in [0.15, 0.2) is 29.0 Å². The van der Waals surface area contributed by atoms with E-state index >= 15 is 0 Å². The van der Waals surface area contributed by atoms with Crippen molar-refractivity contribution in [3.63, 3.8) is 0 Å². The van der Waals surface area contributed by atoms with E-state index in [-0.39, 0.29) is 6.04 Å². The molecule has 16 heavy (non-hydrogen) atoms. The van der Waals surface area contributed by atoms with Gasteiger partial charge in [-0.25, -0.2) is 0 Å². The average Bonchev–Trinajstić information content (AvgIpc) is 2.90. The molecule has 0 aliphatic heterocycles. The fourth-order valence-corrected chi connectivity index (χ4v) is 2.03. The van der Waals surface area contributed by atoms with Crippen LogP contribution in [0.4, 0.5) is 0 Å². The Morgan fingerprint density at radius 2 is 2.31 bits per heavy atom. The van der Waals surface area contributed by atoms with Gasteiger partial charge in [-0.15, -0.1) is 0 Å². The Kier molecular flexibility index (Phi) is 3.10. The summed E-state index contributed by atoms with van der Waals surface area (Å²) in [7, 11) is 3.90. The number of rotatable bonds is 4. The lowest BCUT2D eigenvalue weighted by Crippen LogP contribution is -2.21. The van der Waals surface area contributed by atoms with Crippen LogP contribution in [0.5, 0.6) is 0 Å². The van der Waals surface area contributed by atoms with Crippen molar-refractivity contribution >= 4 is 0 Å². The van der Waals surface area contributed by atoms with Gasteiger partial charge in [0.15, 0.2) is 0 Å². The first-order valence-electron chi connectivity index (χ1n) is 5.49. The third-order valence-electron chi connectivity index (χ3n) is 2.86. The van der Waals surface area contributed by atoms with Gasteiger partial charge in [-0.05, 0) is 19.2 Å². The molecule has 0 spiro atoms. The molecule has 1 unspecified atom stereocenters. The third kappa shape index (κ3) is 1.76. The van der Waals surface area contributed by atoms with Crippen LogP contribution < -0.4 is 5.32 Å². The fraction of sp³-hybridized carbons (Fsp3) is 0.417. The summed E-state index contributed by atoms with van der Waals surface area (Å²) in [6, 6.07) is 4.18. The first kappa shape index (κ1) is 11.0. The molecule has 0 amide bonds. The van der Waals surface area contributed by atoms with Gasteiger partial charge in [-0.3, -0.25) is 4.68 Å². The van der Waals surface area contributed by atoms with Gasteiger partial charge in [0, 0.05) is 25.2 Å². The first-order chi connectivity index (χ1) is 7.77. The number of nitrogens with one attached hydrogen (secondary N) is 1. The van der Waals surface area contributed by atoms with E-state index in [2.05, 4.69) is 17.3 Å². The first-order valence-corrected chi connectivity index (χ1v) is 5.49. The predicted molar refractivity (Wildman–Crippen MR) is 62.2 cm³/mol. The van der Waals surface area contributed by atoms with Gasteiger partial charge in [-0.2, -0.15) is 5.10 Å². The minimum absolute atomic E-state index is 0.140. The molecule has 0 bridgehead atoms. The number of hydrogen-bond donors (Lipinski definition) is 1. The molecule has 2 aromatic rings. The summed E-state index contributed by atoms with van der Waals surface area (Å²) in [6.07, 6.45) is 4.46. The highest BCUT2D eigenvalue weighted by molar-refractivity contribution is 5.29. The summed E-state index contributed by atoms with van der Waals surface area (Å²) in [4.78, 5) is 0. The highest BCUT2D eigenvalue weighted by atomic mass is 16.3. The van der Waals surface area contributed by atoms with E-state index in [4.69, 9.17) is 4.42 Å². The van der Waals surface area contributed by atoms with Crippen LogP contribution in [0.25, 0.3) is 0 Å². The van der Waals surface area contributed by atoms with Gasteiger partial charge < -0.3 is 9.73 Å². The summed E-state index contributed by atoms with van der Waals surface area (Å²) < 4.78 is 7.35. The van der Waals surface area contributed by atoms with Crippen molar-refractivity contribution in [1.29, 1.82) is 0 Å². The van der Waals surface area contributed by atoms with Crippen LogP contribution in [-0.2, 0) is 13.5 Å². The number of furan rings is 1. The maximum atomic E-state index is 5.46. The van der Waals surface area contributed by atoms with Crippen molar-refractivity contribution in [2.45, 2.75) is 19.4 Å². The molecule has 0 fully saturated rings. The lowest BCUT2D eigenvalue weighted by atomic mass is 10.0. The Morgan fingerprint density at radius 3 is 2.88 bits per heavy atom. The number of nitrogens with zero attached hydrogens (tertiary/aromatic N) is 2. The maximum Gasteiger partial charge on any atom is 0.108 e. The Labute approximate surface area is 95.3 Å². The highest BCUT2D eigenvalue weighted by Crippen LogP contribution is 2.25. The van der Waals surface area contributed by atoms with Crippen LogP contribution in [0.1, 0.15) is 30.0 Å². The number of hydrogen-bond acceptors (Lipinski definition) is 3. The van der Waals surface area contributed by atoms with Crippen molar-refractivity contribution in [3.8, 4) is 0 Å². The Hall–Kier alpha value is -1.55. The molecular weight excluding hydrogens is 202 g/mol. The van der Waals surface area contributed by atoms with Gasteiger partial charge >= 0.3 is 0 Å². The van der Waals surface area contributed by atoms with Crippen LogP contribution in [0.2, 0.25) is 0 Å². The number of aromatic nitrogens is 2. The zero-order chi connectivity index (χ0) is 11.5. The van der Waals surface area contributed by atoms with Crippen LogP contribution in [0.3, 0.4) is 0 Å². The van der Waals surface area contributed by atoms with Crippen molar-refractivity contribution in [2.24, 2.45) is 7.05 Å². The van der Waals surface area contributed by atoms with Gasteiger partial charge in [0.1, 0.15) is 5.76 Å². The third-order valence-corrected chi connectivity index (χ3v) is 2.86. The molecule has 1 atom stereocenters. The van der Waals surface area contributed by atoms with Crippen molar-refractivity contribution in [3.05, 3.63) is 41.6 Å². The van der Waals surface area contributed by atoms with Crippen molar-refractivity contribution in [2.75, 3.05) is 7.05 Å². The largest absolute Gasteiger partial charge is 0.469 e. The molecule has 1 N–H and O–H groups in total. The quantitative estimate of drug-likeness (QED) is 0.853. The molecule has 0 aliphatic rings. The van der Waals surface area contributed by atoms with Crippen molar-refractivity contribution < 1.29 is 4.42 Å². The molecule has 4 nitrogen and oxygen atoms in total. The molecule has 2 heterocycles. The van der Waals surface area contributed by atoms with Crippen LogP contribution >= 0.6 is 0 Å². The molecule has 0 saturated carbocycles. The van der Waals surface area contributed by atoms with Crippen molar-refractivity contribution in [1.82, 2.24) is 15.1 Å². The standard InChI is InChI=1S/C12H17N3O/c1-4-11-9(6-8-16-11)12(13-2)10-5-7-14-15(10)3/h5-8,12-13H,4H2,1-3H3. The second-order valence-corrected chi connectivity index (χ2v) is 3.75. The predicted octanol–water partition coefficient (Wildman–Crippen LogP) is 1.88. The summed E-state index contributed by atoms with van der Waals surface area (Å²) in [5.74, 6) is 1.03. The molecule has 2 aromatic heterocycles. The minimum Gasteiger partial charge on any atom is -0.469 e. The van der Waals surface area contributed by atoms with Gasteiger partial charge in [0.25, 0.3) is 0 Å². The summed E-state index contributed by atoms with van der Waals surface area (Å²) in [6.45, 7) is 2.10. The highest BCUT2D eigenvalue weighted by Gasteiger charge is 2.19. The zero-order valence-electron chi connectivity index (χ0n) is 9.90. The van der Waals surface area contributed by atoms with E-state index in [9.17, 15) is 0 Å². The minimum atomic E-state index is 0.140. The zero-order valence-corrected chi connectivity index (χ0v) is 9.90. The van der Waals surface area contributed by atoms with E-state index < -0.39 is 0 Å². The smallest absolute Gasteiger partial charge is 0.108 e. The number of aryl methyl sites for hydroxylation is 2. The fourth-order valence-electron chi connectivity index (χ4n) is 2.03. The van der Waals surface area contributed by atoms with E-state index in [1.165, 1.54) is 5.56 Å². The molecule has 0 radical (unpaired) electrons. The van der Waals surface area contributed by atoms with Gasteiger partial charge in [0.05, 0.1) is 18.0 Å². The molecular formula is C12H17N3O. The summed E-state index contributed by atoms with van der Waals surface area (Å²) >= 11 is 0. The second kappa shape index (κ2) is 4.53. The topological polar surface area (TPSA) is 43.0 Å². The van der Waals surface area contributed by atoms with Gasteiger partial charge in [0.2, 0.25) is 0 Å². The lowest BCUT2D eigenvalue weighted by molar-refractivity contribution is 0.501. The second-order valence-electron chi connectivity index (χ2n) is 3.75. The molecule has 2 rings (SSSR count). The van der Waals surface area contributed by atoms with E-state index in [1.54, 1.807) is 6.26 Å². The SMILES string of the molecule is CCc1occc1C(NC)c1ccnn1C. The van der Waals surface area contributed by atoms with Crippen LogP contribution in [-0.4, -0.2) is 16.8 Å². The molecule has 4 heteroatoms. The normalized spacial score (nSPS) is 12.9. The maximum absolute atomic E-state index is 5.46. The molecule has 0 saturated heterocycles. The molecule has 0 aromatic carbocycles. The summed E-state index contributed by atoms with van der Waals surface area (Å²) in [5.41, 5.74) is 2.33. The average molecular weight is 219 g/mol.